The maximum Gasteiger partial charge on any atom is 0.0890 e. The maximum atomic E-state index is 5.96. The van der Waals surface area contributed by atoms with Crippen molar-refractivity contribution in [1.29, 1.82) is 0 Å². The Morgan fingerprint density at radius 3 is 2.35 bits per heavy atom. The minimum Gasteiger partial charge on any atom is -0.398 e. The van der Waals surface area contributed by atoms with Gasteiger partial charge in [-0.2, -0.15) is 0 Å². The first kappa shape index (κ1) is 12.9. The SMILES string of the molecule is Cc1nc2ccccc2nc1CSc1ccccc1N. The quantitative estimate of drug-likeness (QED) is 0.586. The number of fused-ring (bicyclic) bond motifs is 1. The van der Waals surface area contributed by atoms with E-state index in [1.165, 1.54) is 0 Å². The van der Waals surface area contributed by atoms with Crippen molar-refractivity contribution < 1.29 is 0 Å². The van der Waals surface area contributed by atoms with E-state index in [-0.39, 0.29) is 0 Å². The Morgan fingerprint density at radius 1 is 0.950 bits per heavy atom. The summed E-state index contributed by atoms with van der Waals surface area (Å²) in [5.41, 5.74) is 10.6. The van der Waals surface area contributed by atoms with Gasteiger partial charge in [0.15, 0.2) is 0 Å². The first-order chi connectivity index (χ1) is 9.74. The van der Waals surface area contributed by atoms with Gasteiger partial charge < -0.3 is 5.73 Å². The lowest BCUT2D eigenvalue weighted by molar-refractivity contribution is 1.08. The summed E-state index contributed by atoms with van der Waals surface area (Å²) in [5.74, 6) is 0.776. The van der Waals surface area contributed by atoms with Crippen molar-refractivity contribution in [3.63, 3.8) is 0 Å². The van der Waals surface area contributed by atoms with Crippen molar-refractivity contribution in [3.05, 3.63) is 59.9 Å². The number of thioether (sulfide) groups is 1. The Hall–Kier alpha value is -2.07. The number of para-hydroxylation sites is 3. The van der Waals surface area contributed by atoms with E-state index in [1.807, 2.05) is 55.5 Å². The van der Waals surface area contributed by atoms with Crippen LogP contribution in [0.5, 0.6) is 0 Å². The third-order valence-corrected chi connectivity index (χ3v) is 4.23. The number of rotatable bonds is 3. The molecule has 1 aromatic heterocycles. The molecule has 0 spiro atoms. The van der Waals surface area contributed by atoms with E-state index in [2.05, 4.69) is 4.98 Å². The van der Waals surface area contributed by atoms with Gasteiger partial charge >= 0.3 is 0 Å². The number of anilines is 1. The molecule has 0 aliphatic heterocycles. The van der Waals surface area contributed by atoms with Crippen LogP contribution in [0.3, 0.4) is 0 Å². The van der Waals surface area contributed by atoms with Crippen molar-refractivity contribution >= 4 is 28.5 Å². The molecular weight excluding hydrogens is 266 g/mol. The number of benzene rings is 2. The summed E-state index contributed by atoms with van der Waals surface area (Å²) in [7, 11) is 0. The van der Waals surface area contributed by atoms with Gasteiger partial charge in [-0.25, -0.2) is 9.97 Å². The molecular formula is C16H15N3S. The highest BCUT2D eigenvalue weighted by Gasteiger charge is 2.06. The summed E-state index contributed by atoms with van der Waals surface area (Å²) >= 11 is 1.70. The van der Waals surface area contributed by atoms with E-state index in [0.29, 0.717) is 0 Å². The molecule has 3 rings (SSSR count). The van der Waals surface area contributed by atoms with Crippen LogP contribution in [-0.4, -0.2) is 9.97 Å². The Balaban J connectivity index is 1.87. The van der Waals surface area contributed by atoms with Gasteiger partial charge in [0, 0.05) is 16.3 Å². The normalized spacial score (nSPS) is 10.8. The summed E-state index contributed by atoms with van der Waals surface area (Å²) in [6.07, 6.45) is 0. The van der Waals surface area contributed by atoms with Gasteiger partial charge in [-0.1, -0.05) is 24.3 Å². The van der Waals surface area contributed by atoms with Crippen LogP contribution in [0.1, 0.15) is 11.4 Å². The van der Waals surface area contributed by atoms with Gasteiger partial charge in [-0.05, 0) is 31.2 Å². The van der Waals surface area contributed by atoms with Crippen molar-refractivity contribution in [2.45, 2.75) is 17.6 Å². The van der Waals surface area contributed by atoms with E-state index >= 15 is 0 Å². The number of nitrogens with zero attached hydrogens (tertiary/aromatic N) is 2. The number of aryl methyl sites for hydroxylation is 1. The third-order valence-electron chi connectivity index (χ3n) is 3.13. The van der Waals surface area contributed by atoms with Crippen molar-refractivity contribution in [3.8, 4) is 0 Å². The minimum absolute atomic E-state index is 0.776. The third kappa shape index (κ3) is 2.60. The van der Waals surface area contributed by atoms with Crippen LogP contribution >= 0.6 is 11.8 Å². The number of nitrogens with two attached hydrogens (primary N) is 1. The van der Waals surface area contributed by atoms with Crippen LogP contribution < -0.4 is 5.73 Å². The molecule has 0 atom stereocenters. The standard InChI is InChI=1S/C16H15N3S/c1-11-15(10-20-16-9-5-2-6-12(16)17)19-14-8-4-3-7-13(14)18-11/h2-9H,10,17H2,1H3. The predicted octanol–water partition coefficient (Wildman–Crippen LogP) is 3.81. The van der Waals surface area contributed by atoms with Crippen LogP contribution in [0.25, 0.3) is 11.0 Å². The number of aromatic nitrogens is 2. The molecule has 0 bridgehead atoms. The Labute approximate surface area is 122 Å². The second-order valence-electron chi connectivity index (χ2n) is 4.57. The number of hydrogen-bond donors (Lipinski definition) is 1. The van der Waals surface area contributed by atoms with Crippen LogP contribution in [0.15, 0.2) is 53.4 Å². The van der Waals surface area contributed by atoms with Crippen LogP contribution in [0.4, 0.5) is 5.69 Å². The lowest BCUT2D eigenvalue weighted by atomic mass is 10.2. The van der Waals surface area contributed by atoms with Gasteiger partial charge in [-0.15, -0.1) is 11.8 Å². The van der Waals surface area contributed by atoms with Gasteiger partial charge in [0.2, 0.25) is 0 Å². The Morgan fingerprint density at radius 2 is 1.60 bits per heavy atom. The monoisotopic (exact) mass is 281 g/mol. The lowest BCUT2D eigenvalue weighted by Gasteiger charge is -2.08. The molecule has 2 N–H and O–H groups in total. The Bertz CT molecular complexity index is 756. The zero-order valence-corrected chi connectivity index (χ0v) is 12.0. The molecule has 20 heavy (non-hydrogen) atoms. The van der Waals surface area contributed by atoms with Gasteiger partial charge in [0.05, 0.1) is 22.4 Å². The van der Waals surface area contributed by atoms with Crippen molar-refractivity contribution in [2.75, 3.05) is 5.73 Å². The molecule has 2 aromatic carbocycles. The molecule has 0 radical (unpaired) electrons. The maximum absolute atomic E-state index is 5.96. The Kier molecular flexibility index (Phi) is 3.56. The predicted molar refractivity (Wildman–Crippen MR) is 84.7 cm³/mol. The van der Waals surface area contributed by atoms with E-state index in [1.54, 1.807) is 11.8 Å². The molecule has 0 unspecified atom stereocenters. The van der Waals surface area contributed by atoms with Gasteiger partial charge in [0.25, 0.3) is 0 Å². The summed E-state index contributed by atoms with van der Waals surface area (Å²) in [5, 5.41) is 0. The van der Waals surface area contributed by atoms with Crippen molar-refractivity contribution in [2.24, 2.45) is 0 Å². The van der Waals surface area contributed by atoms with E-state index in [9.17, 15) is 0 Å². The fourth-order valence-electron chi connectivity index (χ4n) is 2.02. The summed E-state index contributed by atoms with van der Waals surface area (Å²) in [6.45, 7) is 2.00. The molecule has 4 heteroatoms. The number of hydrogen-bond acceptors (Lipinski definition) is 4. The second kappa shape index (κ2) is 5.51. The summed E-state index contributed by atoms with van der Waals surface area (Å²) in [4.78, 5) is 10.4. The second-order valence-corrected chi connectivity index (χ2v) is 5.59. The average Bonchev–Trinajstić information content (AvgIpc) is 2.46. The highest BCUT2D eigenvalue weighted by Crippen LogP contribution is 2.28. The molecule has 0 aliphatic rings. The zero-order valence-electron chi connectivity index (χ0n) is 11.2. The zero-order chi connectivity index (χ0) is 13.9. The van der Waals surface area contributed by atoms with Gasteiger partial charge in [0.1, 0.15) is 0 Å². The molecule has 3 aromatic rings. The molecule has 3 nitrogen and oxygen atoms in total. The van der Waals surface area contributed by atoms with E-state index in [0.717, 1.165) is 38.8 Å². The molecule has 0 fully saturated rings. The molecule has 100 valence electrons. The largest absolute Gasteiger partial charge is 0.398 e. The highest BCUT2D eigenvalue weighted by molar-refractivity contribution is 7.98. The van der Waals surface area contributed by atoms with E-state index < -0.39 is 0 Å². The van der Waals surface area contributed by atoms with Crippen LogP contribution in [0, 0.1) is 6.92 Å². The first-order valence-electron chi connectivity index (χ1n) is 6.43. The smallest absolute Gasteiger partial charge is 0.0890 e. The molecule has 0 amide bonds. The van der Waals surface area contributed by atoms with E-state index in [4.69, 9.17) is 10.7 Å². The molecule has 0 saturated heterocycles. The number of nitrogen functional groups attached to an aromatic ring is 1. The molecule has 0 saturated carbocycles. The first-order valence-corrected chi connectivity index (χ1v) is 7.42. The summed E-state index contributed by atoms with van der Waals surface area (Å²) < 4.78 is 0. The van der Waals surface area contributed by atoms with Crippen LogP contribution in [-0.2, 0) is 5.75 Å². The topological polar surface area (TPSA) is 51.8 Å². The molecule has 0 aliphatic carbocycles. The fourth-order valence-corrected chi connectivity index (χ4v) is 2.99. The lowest BCUT2D eigenvalue weighted by Crippen LogP contribution is -1.97. The highest BCUT2D eigenvalue weighted by atomic mass is 32.2. The minimum atomic E-state index is 0.776. The average molecular weight is 281 g/mol. The molecule has 1 heterocycles. The van der Waals surface area contributed by atoms with Crippen LogP contribution in [0.2, 0.25) is 0 Å². The van der Waals surface area contributed by atoms with Crippen molar-refractivity contribution in [1.82, 2.24) is 9.97 Å². The fraction of sp³-hybridized carbons (Fsp3) is 0.125. The van der Waals surface area contributed by atoms with Gasteiger partial charge in [-0.3, -0.25) is 0 Å². The summed E-state index contributed by atoms with van der Waals surface area (Å²) in [6, 6.07) is 15.8.